The molecule has 2 rings (SSSR count). The zero-order valence-electron chi connectivity index (χ0n) is 10.5. The van der Waals surface area contributed by atoms with Crippen LogP contribution < -0.4 is 5.32 Å². The molecule has 2 nitrogen and oxygen atoms in total. The molecule has 0 saturated carbocycles. The molecule has 90 valence electrons. The van der Waals surface area contributed by atoms with Gasteiger partial charge in [-0.05, 0) is 36.2 Å². The van der Waals surface area contributed by atoms with Crippen LogP contribution in [0.2, 0.25) is 0 Å². The summed E-state index contributed by atoms with van der Waals surface area (Å²) in [5.74, 6) is 2.03. The van der Waals surface area contributed by atoms with Gasteiger partial charge in [0.15, 0.2) is 0 Å². The van der Waals surface area contributed by atoms with E-state index in [9.17, 15) is 0 Å². The summed E-state index contributed by atoms with van der Waals surface area (Å²) >= 11 is 0. The SMILES string of the molecule is CCc1ccc(NCc2ccc(CC)o2)cc1. The molecule has 1 aromatic heterocycles. The lowest BCUT2D eigenvalue weighted by Gasteiger charge is -2.05. The van der Waals surface area contributed by atoms with Crippen LogP contribution in [0.25, 0.3) is 0 Å². The fourth-order valence-electron chi connectivity index (χ4n) is 1.75. The van der Waals surface area contributed by atoms with Crippen molar-refractivity contribution in [1.82, 2.24) is 0 Å². The molecule has 0 amide bonds. The lowest BCUT2D eigenvalue weighted by Crippen LogP contribution is -1.97. The van der Waals surface area contributed by atoms with Gasteiger partial charge in [-0.2, -0.15) is 0 Å². The van der Waals surface area contributed by atoms with E-state index in [0.29, 0.717) is 0 Å². The van der Waals surface area contributed by atoms with Gasteiger partial charge in [-0.3, -0.25) is 0 Å². The zero-order chi connectivity index (χ0) is 12.1. The van der Waals surface area contributed by atoms with Gasteiger partial charge in [0.05, 0.1) is 6.54 Å². The van der Waals surface area contributed by atoms with Gasteiger partial charge in [-0.15, -0.1) is 0 Å². The van der Waals surface area contributed by atoms with E-state index in [4.69, 9.17) is 4.42 Å². The average Bonchev–Trinajstić information content (AvgIpc) is 2.85. The standard InChI is InChI=1S/C15H19NO/c1-3-12-5-7-13(8-6-12)16-11-15-10-9-14(4-2)17-15/h5-10,16H,3-4,11H2,1-2H3. The largest absolute Gasteiger partial charge is 0.464 e. The van der Waals surface area contributed by atoms with Crippen LogP contribution in [0.4, 0.5) is 5.69 Å². The maximum absolute atomic E-state index is 5.64. The monoisotopic (exact) mass is 229 g/mol. The van der Waals surface area contributed by atoms with E-state index in [-0.39, 0.29) is 0 Å². The van der Waals surface area contributed by atoms with E-state index in [1.807, 2.05) is 12.1 Å². The molecule has 1 N–H and O–H groups in total. The van der Waals surface area contributed by atoms with Crippen LogP contribution in [0.15, 0.2) is 40.8 Å². The average molecular weight is 229 g/mol. The van der Waals surface area contributed by atoms with Gasteiger partial charge in [-0.1, -0.05) is 26.0 Å². The van der Waals surface area contributed by atoms with Gasteiger partial charge in [0, 0.05) is 12.1 Å². The van der Waals surface area contributed by atoms with E-state index >= 15 is 0 Å². The minimum absolute atomic E-state index is 0.742. The normalized spacial score (nSPS) is 10.5. The number of nitrogens with one attached hydrogen (secondary N) is 1. The van der Waals surface area contributed by atoms with E-state index < -0.39 is 0 Å². The van der Waals surface area contributed by atoms with Crippen molar-refractivity contribution >= 4 is 5.69 Å². The first kappa shape index (κ1) is 11.8. The Balaban J connectivity index is 1.92. The number of anilines is 1. The summed E-state index contributed by atoms with van der Waals surface area (Å²) in [6.07, 6.45) is 2.03. The van der Waals surface area contributed by atoms with Crippen molar-refractivity contribution in [2.75, 3.05) is 5.32 Å². The summed E-state index contributed by atoms with van der Waals surface area (Å²) in [7, 11) is 0. The molecule has 0 atom stereocenters. The molecule has 2 heteroatoms. The molecule has 0 aliphatic heterocycles. The van der Waals surface area contributed by atoms with Crippen LogP contribution in [0.5, 0.6) is 0 Å². The van der Waals surface area contributed by atoms with Gasteiger partial charge in [0.1, 0.15) is 11.5 Å². The summed E-state index contributed by atoms with van der Waals surface area (Å²) in [6.45, 7) is 5.00. The molecule has 17 heavy (non-hydrogen) atoms. The first-order valence-corrected chi connectivity index (χ1v) is 6.22. The Morgan fingerprint density at radius 2 is 1.59 bits per heavy atom. The van der Waals surface area contributed by atoms with Gasteiger partial charge in [-0.25, -0.2) is 0 Å². The minimum Gasteiger partial charge on any atom is -0.464 e. The van der Waals surface area contributed by atoms with Crippen molar-refractivity contribution in [2.45, 2.75) is 33.2 Å². The van der Waals surface area contributed by atoms with Crippen LogP contribution in [-0.2, 0) is 19.4 Å². The molecule has 0 fully saturated rings. The van der Waals surface area contributed by atoms with E-state index in [2.05, 4.69) is 43.4 Å². The van der Waals surface area contributed by atoms with E-state index in [1.54, 1.807) is 0 Å². The Bertz CT molecular complexity index is 456. The molecule has 0 spiro atoms. The van der Waals surface area contributed by atoms with Crippen LogP contribution in [-0.4, -0.2) is 0 Å². The molecule has 0 bridgehead atoms. The smallest absolute Gasteiger partial charge is 0.123 e. The topological polar surface area (TPSA) is 25.2 Å². The van der Waals surface area contributed by atoms with Gasteiger partial charge < -0.3 is 9.73 Å². The highest BCUT2D eigenvalue weighted by molar-refractivity contribution is 5.44. The summed E-state index contributed by atoms with van der Waals surface area (Å²) in [6, 6.07) is 12.6. The predicted octanol–water partition coefficient (Wildman–Crippen LogP) is 4.02. The highest BCUT2D eigenvalue weighted by Crippen LogP contribution is 2.13. The number of benzene rings is 1. The van der Waals surface area contributed by atoms with Crippen molar-refractivity contribution in [1.29, 1.82) is 0 Å². The van der Waals surface area contributed by atoms with Crippen molar-refractivity contribution < 1.29 is 4.42 Å². The van der Waals surface area contributed by atoms with Crippen LogP contribution >= 0.6 is 0 Å². The third-order valence-corrected chi connectivity index (χ3v) is 2.89. The maximum Gasteiger partial charge on any atom is 0.123 e. The Kier molecular flexibility index (Phi) is 3.86. The summed E-state index contributed by atoms with van der Waals surface area (Å²) < 4.78 is 5.64. The third kappa shape index (κ3) is 3.13. The molecule has 0 unspecified atom stereocenters. The number of aryl methyl sites for hydroxylation is 2. The van der Waals surface area contributed by atoms with Crippen molar-refractivity contribution in [3.05, 3.63) is 53.5 Å². The second kappa shape index (κ2) is 5.58. The second-order valence-corrected chi connectivity index (χ2v) is 4.13. The number of rotatable bonds is 5. The first-order chi connectivity index (χ1) is 8.31. The molecule has 0 aliphatic carbocycles. The predicted molar refractivity (Wildman–Crippen MR) is 71.2 cm³/mol. The number of furan rings is 1. The molecular weight excluding hydrogens is 210 g/mol. The summed E-state index contributed by atoms with van der Waals surface area (Å²) in [4.78, 5) is 0. The lowest BCUT2D eigenvalue weighted by atomic mass is 10.1. The lowest BCUT2D eigenvalue weighted by molar-refractivity contribution is 0.476. The number of hydrogen-bond donors (Lipinski definition) is 1. The van der Waals surface area contributed by atoms with Gasteiger partial charge in [0.25, 0.3) is 0 Å². The summed E-state index contributed by atoms with van der Waals surface area (Å²) in [5, 5.41) is 3.36. The Labute approximate surface area is 103 Å². The van der Waals surface area contributed by atoms with Crippen LogP contribution in [0.3, 0.4) is 0 Å². The van der Waals surface area contributed by atoms with Crippen molar-refractivity contribution in [3.63, 3.8) is 0 Å². The Morgan fingerprint density at radius 3 is 2.18 bits per heavy atom. The van der Waals surface area contributed by atoms with Gasteiger partial charge in [0.2, 0.25) is 0 Å². The Hall–Kier alpha value is -1.70. The van der Waals surface area contributed by atoms with Crippen LogP contribution in [0.1, 0.15) is 30.9 Å². The molecular formula is C15H19NO. The molecule has 0 radical (unpaired) electrons. The minimum atomic E-state index is 0.742. The Morgan fingerprint density at radius 1 is 0.882 bits per heavy atom. The first-order valence-electron chi connectivity index (χ1n) is 6.22. The van der Waals surface area contributed by atoms with Crippen LogP contribution in [0, 0.1) is 0 Å². The highest BCUT2D eigenvalue weighted by atomic mass is 16.3. The highest BCUT2D eigenvalue weighted by Gasteiger charge is 2.00. The molecule has 0 saturated heterocycles. The quantitative estimate of drug-likeness (QED) is 0.837. The zero-order valence-corrected chi connectivity index (χ0v) is 10.5. The van der Waals surface area contributed by atoms with Gasteiger partial charge >= 0.3 is 0 Å². The third-order valence-electron chi connectivity index (χ3n) is 2.89. The fraction of sp³-hybridized carbons (Fsp3) is 0.333. The van der Waals surface area contributed by atoms with E-state index in [0.717, 1.165) is 36.6 Å². The molecule has 1 aromatic carbocycles. The maximum atomic E-state index is 5.64. The van der Waals surface area contributed by atoms with E-state index in [1.165, 1.54) is 5.56 Å². The van der Waals surface area contributed by atoms with Crippen molar-refractivity contribution in [2.24, 2.45) is 0 Å². The number of hydrogen-bond acceptors (Lipinski definition) is 2. The molecule has 2 aromatic rings. The summed E-state index contributed by atoms with van der Waals surface area (Å²) in [5.41, 5.74) is 2.50. The molecule has 0 aliphatic rings. The second-order valence-electron chi connectivity index (χ2n) is 4.13. The fourth-order valence-corrected chi connectivity index (χ4v) is 1.75. The van der Waals surface area contributed by atoms with Crippen molar-refractivity contribution in [3.8, 4) is 0 Å². The molecule has 1 heterocycles.